The van der Waals surface area contributed by atoms with Gasteiger partial charge in [-0.15, -0.1) is 0 Å². The number of carbonyl (C=O) groups is 2. The first-order valence-electron chi connectivity index (χ1n) is 9.78. The molecule has 0 radical (unpaired) electrons. The number of hydrogen-bond donors (Lipinski definition) is 0. The average Bonchev–Trinajstić information content (AvgIpc) is 2.75. The molecule has 1 fully saturated rings. The van der Waals surface area contributed by atoms with E-state index in [0.29, 0.717) is 43.9 Å². The normalized spacial score (nSPS) is 13.9. The van der Waals surface area contributed by atoms with Gasteiger partial charge in [0.15, 0.2) is 0 Å². The van der Waals surface area contributed by atoms with Gasteiger partial charge in [0.2, 0.25) is 5.91 Å². The van der Waals surface area contributed by atoms with Crippen LogP contribution in [-0.4, -0.2) is 62.0 Å². The zero-order valence-electron chi connectivity index (χ0n) is 17.5. The molecule has 1 heterocycles. The van der Waals surface area contributed by atoms with E-state index >= 15 is 0 Å². The van der Waals surface area contributed by atoms with E-state index in [1.165, 1.54) is 0 Å². The molecular formula is C23H28N2O4. The third kappa shape index (κ3) is 4.70. The van der Waals surface area contributed by atoms with Gasteiger partial charge in [-0.2, -0.15) is 0 Å². The van der Waals surface area contributed by atoms with Gasteiger partial charge < -0.3 is 19.3 Å². The predicted molar refractivity (Wildman–Crippen MR) is 112 cm³/mol. The van der Waals surface area contributed by atoms with Crippen LogP contribution >= 0.6 is 0 Å². The molecule has 2 amide bonds. The Hall–Kier alpha value is -3.02. The fraction of sp³-hybridized carbons (Fsp3) is 0.391. The lowest BCUT2D eigenvalue weighted by Crippen LogP contribution is -2.51. The summed E-state index contributed by atoms with van der Waals surface area (Å²) in [5.74, 6) is 1.54. The van der Waals surface area contributed by atoms with E-state index in [2.05, 4.69) is 0 Å². The van der Waals surface area contributed by atoms with Crippen LogP contribution in [0.2, 0.25) is 0 Å². The molecule has 3 rings (SSSR count). The van der Waals surface area contributed by atoms with Gasteiger partial charge in [-0.3, -0.25) is 9.59 Å². The van der Waals surface area contributed by atoms with Gasteiger partial charge in [0, 0.05) is 31.7 Å². The lowest BCUT2D eigenvalue weighted by Gasteiger charge is -2.35. The van der Waals surface area contributed by atoms with Crippen molar-refractivity contribution in [2.45, 2.75) is 20.3 Å². The molecule has 6 heteroatoms. The van der Waals surface area contributed by atoms with E-state index < -0.39 is 0 Å². The topological polar surface area (TPSA) is 59.1 Å². The van der Waals surface area contributed by atoms with Crippen LogP contribution in [-0.2, 0) is 11.2 Å². The van der Waals surface area contributed by atoms with Crippen LogP contribution < -0.4 is 9.47 Å². The van der Waals surface area contributed by atoms with Crippen LogP contribution in [0, 0.1) is 13.8 Å². The smallest absolute Gasteiger partial charge is 0.254 e. The first kappa shape index (κ1) is 20.7. The molecule has 0 saturated carbocycles. The van der Waals surface area contributed by atoms with Crippen LogP contribution in [0.15, 0.2) is 36.4 Å². The summed E-state index contributed by atoms with van der Waals surface area (Å²) < 4.78 is 10.7. The maximum Gasteiger partial charge on any atom is 0.254 e. The third-order valence-corrected chi connectivity index (χ3v) is 5.40. The third-order valence-electron chi connectivity index (χ3n) is 5.40. The number of piperazine rings is 1. The fourth-order valence-electron chi connectivity index (χ4n) is 3.56. The Bertz CT molecular complexity index is 902. The number of hydrogen-bond acceptors (Lipinski definition) is 4. The van der Waals surface area contributed by atoms with Crippen molar-refractivity contribution in [2.75, 3.05) is 40.4 Å². The van der Waals surface area contributed by atoms with Gasteiger partial charge in [0.1, 0.15) is 11.5 Å². The minimum Gasteiger partial charge on any atom is -0.496 e. The minimum absolute atomic E-state index is 0.0290. The van der Waals surface area contributed by atoms with E-state index in [1.807, 2.05) is 49.1 Å². The molecular weight excluding hydrogens is 368 g/mol. The molecule has 0 N–H and O–H groups in total. The maximum atomic E-state index is 12.8. The molecule has 0 spiro atoms. The Morgan fingerprint density at radius 1 is 0.828 bits per heavy atom. The zero-order valence-corrected chi connectivity index (χ0v) is 17.5. The molecule has 2 aromatic carbocycles. The SMILES string of the molecule is COc1cc(CC(=O)N2CCN(C(=O)c3ccc(C)c(OC)c3)CC2)ccc1C. The van der Waals surface area contributed by atoms with Gasteiger partial charge in [-0.05, 0) is 48.7 Å². The number of nitrogens with zero attached hydrogens (tertiary/aromatic N) is 2. The van der Waals surface area contributed by atoms with Crippen molar-refractivity contribution in [3.8, 4) is 11.5 Å². The Morgan fingerprint density at radius 3 is 2.00 bits per heavy atom. The van der Waals surface area contributed by atoms with Gasteiger partial charge in [-0.1, -0.05) is 18.2 Å². The van der Waals surface area contributed by atoms with Crippen molar-refractivity contribution < 1.29 is 19.1 Å². The molecule has 2 aromatic rings. The van der Waals surface area contributed by atoms with Gasteiger partial charge in [0.25, 0.3) is 5.91 Å². The highest BCUT2D eigenvalue weighted by Gasteiger charge is 2.25. The number of methoxy groups -OCH3 is 2. The van der Waals surface area contributed by atoms with E-state index in [1.54, 1.807) is 25.2 Å². The Balaban J connectivity index is 1.58. The van der Waals surface area contributed by atoms with Gasteiger partial charge in [0.05, 0.1) is 20.6 Å². The van der Waals surface area contributed by atoms with Crippen molar-refractivity contribution in [3.05, 3.63) is 58.7 Å². The van der Waals surface area contributed by atoms with Gasteiger partial charge >= 0.3 is 0 Å². The van der Waals surface area contributed by atoms with Crippen molar-refractivity contribution in [1.29, 1.82) is 0 Å². The summed E-state index contributed by atoms with van der Waals surface area (Å²) in [5, 5.41) is 0. The Morgan fingerprint density at radius 2 is 1.38 bits per heavy atom. The molecule has 6 nitrogen and oxygen atoms in total. The summed E-state index contributed by atoms with van der Waals surface area (Å²) in [6, 6.07) is 11.3. The van der Waals surface area contributed by atoms with Crippen molar-refractivity contribution in [1.82, 2.24) is 9.80 Å². The highest BCUT2D eigenvalue weighted by molar-refractivity contribution is 5.95. The number of amides is 2. The van der Waals surface area contributed by atoms with Crippen LogP contribution in [0.5, 0.6) is 11.5 Å². The lowest BCUT2D eigenvalue weighted by atomic mass is 10.1. The summed E-state index contributed by atoms with van der Waals surface area (Å²) in [7, 11) is 3.23. The second kappa shape index (κ2) is 8.99. The van der Waals surface area contributed by atoms with Crippen LogP contribution in [0.1, 0.15) is 27.0 Å². The molecule has 0 aromatic heterocycles. The zero-order chi connectivity index (χ0) is 21.0. The largest absolute Gasteiger partial charge is 0.496 e. The monoisotopic (exact) mass is 396 g/mol. The molecule has 1 saturated heterocycles. The van der Waals surface area contributed by atoms with Crippen LogP contribution in [0.3, 0.4) is 0 Å². The first-order chi connectivity index (χ1) is 13.9. The second-order valence-electron chi connectivity index (χ2n) is 7.34. The fourth-order valence-corrected chi connectivity index (χ4v) is 3.56. The van der Waals surface area contributed by atoms with Crippen molar-refractivity contribution in [2.24, 2.45) is 0 Å². The summed E-state index contributed by atoms with van der Waals surface area (Å²) in [6.45, 7) is 6.05. The molecule has 0 aliphatic carbocycles. The number of aryl methyl sites for hydroxylation is 2. The Kier molecular flexibility index (Phi) is 6.42. The summed E-state index contributed by atoms with van der Waals surface area (Å²) in [5.41, 5.74) is 3.58. The van der Waals surface area contributed by atoms with Gasteiger partial charge in [-0.25, -0.2) is 0 Å². The minimum atomic E-state index is -0.0290. The first-order valence-corrected chi connectivity index (χ1v) is 9.78. The maximum absolute atomic E-state index is 12.8. The van der Waals surface area contributed by atoms with E-state index in [4.69, 9.17) is 9.47 Å². The van der Waals surface area contributed by atoms with Crippen LogP contribution in [0.4, 0.5) is 0 Å². The highest BCUT2D eigenvalue weighted by Crippen LogP contribution is 2.22. The quantitative estimate of drug-likeness (QED) is 0.780. The molecule has 0 unspecified atom stereocenters. The van der Waals surface area contributed by atoms with Crippen molar-refractivity contribution in [3.63, 3.8) is 0 Å². The number of benzene rings is 2. The lowest BCUT2D eigenvalue weighted by molar-refractivity contribution is -0.131. The molecule has 29 heavy (non-hydrogen) atoms. The van der Waals surface area contributed by atoms with E-state index in [0.717, 1.165) is 22.4 Å². The molecule has 154 valence electrons. The standard InChI is InChI=1S/C23H28N2O4/c1-16-5-7-18(13-20(16)28-3)14-22(26)24-9-11-25(12-10-24)23(27)19-8-6-17(2)21(15-19)29-4/h5-8,13,15H,9-12,14H2,1-4H3. The molecule has 1 aliphatic heterocycles. The number of ether oxygens (including phenoxy) is 2. The summed E-state index contributed by atoms with van der Waals surface area (Å²) in [4.78, 5) is 29.1. The molecule has 0 atom stereocenters. The average molecular weight is 396 g/mol. The van der Waals surface area contributed by atoms with Crippen molar-refractivity contribution >= 4 is 11.8 Å². The van der Waals surface area contributed by atoms with E-state index in [9.17, 15) is 9.59 Å². The Labute approximate surface area is 172 Å². The number of rotatable bonds is 5. The molecule has 0 bridgehead atoms. The summed E-state index contributed by atoms with van der Waals surface area (Å²) >= 11 is 0. The predicted octanol–water partition coefficient (Wildman–Crippen LogP) is 2.85. The number of carbonyl (C=O) groups excluding carboxylic acids is 2. The summed E-state index contributed by atoms with van der Waals surface area (Å²) in [6.07, 6.45) is 0.333. The molecule has 1 aliphatic rings. The van der Waals surface area contributed by atoms with E-state index in [-0.39, 0.29) is 11.8 Å². The highest BCUT2D eigenvalue weighted by atomic mass is 16.5. The second-order valence-corrected chi connectivity index (χ2v) is 7.34. The van der Waals surface area contributed by atoms with Crippen LogP contribution in [0.25, 0.3) is 0 Å².